The quantitative estimate of drug-likeness (QED) is 0.236. The van der Waals surface area contributed by atoms with E-state index in [1.165, 1.54) is 6.07 Å². The highest BCUT2D eigenvalue weighted by Gasteiger charge is 2.59. The number of aliphatic hydroxyl groups is 3. The van der Waals surface area contributed by atoms with Crippen LogP contribution in [0.5, 0.6) is 5.75 Å². The molecule has 3 atom stereocenters. The Bertz CT molecular complexity index is 1170. The first-order valence-electron chi connectivity index (χ1n) is 9.84. The number of nitrogens with two attached hydrogens (primary N) is 2. The number of Topliss-reactive ketones (excluding diaryl/α,β-unsaturated/α-hetero) is 2. The van der Waals surface area contributed by atoms with Gasteiger partial charge in [0.15, 0.2) is 17.1 Å². The number of primary amides is 1. The number of fused-ring (bicyclic) bond motifs is 3. The van der Waals surface area contributed by atoms with Crippen LogP contribution >= 0.6 is 0 Å². The normalized spacial score (nSPS) is 26.9. The second kappa shape index (κ2) is 7.18. The molecule has 9 N–H and O–H groups in total. The lowest BCUT2D eigenvalue weighted by atomic mass is 9.60. The van der Waals surface area contributed by atoms with Crippen LogP contribution in [0.25, 0.3) is 0 Å². The second-order valence-corrected chi connectivity index (χ2v) is 8.16. The molecule has 11 heteroatoms. The molecule has 0 unspecified atom stereocenters. The number of amides is 2. The van der Waals surface area contributed by atoms with Crippen LogP contribution in [0, 0.1) is 11.8 Å². The number of hydrogen-bond acceptors (Lipinski definition) is 9. The smallest absolute Gasteiger partial charge is 0.255 e. The number of carbonyl (C=O) groups is 4. The minimum absolute atomic E-state index is 0.0509. The van der Waals surface area contributed by atoms with E-state index in [0.717, 1.165) is 0 Å². The van der Waals surface area contributed by atoms with Crippen molar-refractivity contribution in [2.45, 2.75) is 24.9 Å². The first-order chi connectivity index (χ1) is 15.0. The standard InChI is InChI=1S/C21H21N3O8/c22-6-12(26)24-10-2-1-7-3-8-4-9-5-11(25)15(20(23)31)19(30)21(9,32)18(29)14(8)17(28)13(7)16(10)27/h1-2,8-9,25,27,29,32H,3-6,22H2,(H2,23,31)(H,24,26)/t8-,9-,21-/m0/s1. The SMILES string of the molecule is NCC(=O)Nc1ccc2c(c1O)C(=O)C1=C(O)[C@]3(O)C(=O)C(C(N)=O)=C(O)C[C@@H]3C[C@@H]1C2. The number of nitrogens with one attached hydrogen (secondary N) is 1. The predicted molar refractivity (Wildman–Crippen MR) is 109 cm³/mol. The van der Waals surface area contributed by atoms with Crippen molar-refractivity contribution in [1.29, 1.82) is 0 Å². The fraction of sp³-hybridized carbons (Fsp3) is 0.333. The molecule has 1 aromatic carbocycles. The molecule has 32 heavy (non-hydrogen) atoms. The third kappa shape index (κ3) is 2.82. The lowest BCUT2D eigenvalue weighted by Crippen LogP contribution is -2.57. The average molecular weight is 443 g/mol. The van der Waals surface area contributed by atoms with Gasteiger partial charge < -0.3 is 37.2 Å². The molecule has 1 aromatic rings. The maximum atomic E-state index is 13.3. The summed E-state index contributed by atoms with van der Waals surface area (Å²) in [5.41, 5.74) is 6.91. The summed E-state index contributed by atoms with van der Waals surface area (Å²) < 4.78 is 0. The van der Waals surface area contributed by atoms with Gasteiger partial charge >= 0.3 is 0 Å². The molecule has 0 saturated heterocycles. The van der Waals surface area contributed by atoms with E-state index in [-0.39, 0.29) is 42.6 Å². The summed E-state index contributed by atoms with van der Waals surface area (Å²) >= 11 is 0. The summed E-state index contributed by atoms with van der Waals surface area (Å²) in [7, 11) is 0. The van der Waals surface area contributed by atoms with Crippen molar-refractivity contribution in [2.75, 3.05) is 11.9 Å². The van der Waals surface area contributed by atoms with Crippen molar-refractivity contribution in [3.8, 4) is 5.75 Å². The number of carbonyl (C=O) groups excluding carboxylic acids is 4. The molecule has 0 bridgehead atoms. The van der Waals surface area contributed by atoms with Crippen molar-refractivity contribution in [1.82, 2.24) is 0 Å². The molecule has 0 radical (unpaired) electrons. The minimum atomic E-state index is -2.61. The molecule has 11 nitrogen and oxygen atoms in total. The summed E-state index contributed by atoms with van der Waals surface area (Å²) in [6.45, 7) is -0.350. The molecule has 2 amide bonds. The fourth-order valence-electron chi connectivity index (χ4n) is 4.90. The van der Waals surface area contributed by atoms with Crippen LogP contribution in [0.15, 0.2) is 34.8 Å². The predicted octanol–water partition coefficient (Wildman–Crippen LogP) is -0.522. The number of aliphatic hydroxyl groups excluding tert-OH is 2. The number of phenolic OH excluding ortho intramolecular Hbond substituents is 1. The molecule has 0 spiro atoms. The van der Waals surface area contributed by atoms with E-state index >= 15 is 0 Å². The van der Waals surface area contributed by atoms with Crippen molar-refractivity contribution in [3.05, 3.63) is 45.9 Å². The Hall–Kier alpha value is -3.70. The van der Waals surface area contributed by atoms with Crippen molar-refractivity contribution >= 4 is 29.1 Å². The Balaban J connectivity index is 1.84. The topological polar surface area (TPSA) is 213 Å². The molecule has 0 aliphatic heterocycles. The van der Waals surface area contributed by atoms with E-state index in [9.17, 15) is 39.6 Å². The molecule has 0 aromatic heterocycles. The van der Waals surface area contributed by atoms with Gasteiger partial charge in [0.05, 0.1) is 17.8 Å². The van der Waals surface area contributed by atoms with Gasteiger partial charge in [0.1, 0.15) is 17.1 Å². The van der Waals surface area contributed by atoms with Crippen LogP contribution in [0.1, 0.15) is 28.8 Å². The Labute approximate surface area is 181 Å². The third-order valence-electron chi connectivity index (χ3n) is 6.39. The highest BCUT2D eigenvalue weighted by molar-refractivity contribution is 6.24. The summed E-state index contributed by atoms with van der Waals surface area (Å²) in [4.78, 5) is 49.4. The van der Waals surface area contributed by atoms with Crippen LogP contribution in [0.3, 0.4) is 0 Å². The van der Waals surface area contributed by atoms with Gasteiger partial charge in [-0.15, -0.1) is 0 Å². The van der Waals surface area contributed by atoms with Crippen LogP contribution in [0.2, 0.25) is 0 Å². The van der Waals surface area contributed by atoms with E-state index in [2.05, 4.69) is 5.32 Å². The van der Waals surface area contributed by atoms with Gasteiger partial charge in [0.2, 0.25) is 11.7 Å². The Morgan fingerprint density at radius 2 is 1.84 bits per heavy atom. The zero-order valence-corrected chi connectivity index (χ0v) is 16.7. The molecular formula is C21H21N3O8. The average Bonchev–Trinajstić information content (AvgIpc) is 2.72. The van der Waals surface area contributed by atoms with E-state index in [0.29, 0.717) is 5.56 Å². The maximum absolute atomic E-state index is 13.3. The van der Waals surface area contributed by atoms with Crippen LogP contribution in [-0.2, 0) is 20.8 Å². The lowest BCUT2D eigenvalue weighted by molar-refractivity contribution is -0.144. The molecular weight excluding hydrogens is 422 g/mol. The Kier molecular flexibility index (Phi) is 4.83. The van der Waals surface area contributed by atoms with Crippen LogP contribution < -0.4 is 16.8 Å². The molecule has 0 fully saturated rings. The summed E-state index contributed by atoms with van der Waals surface area (Å²) in [6.07, 6.45) is -0.0485. The molecule has 168 valence electrons. The molecule has 0 heterocycles. The summed E-state index contributed by atoms with van der Waals surface area (Å²) in [5, 5.41) is 45.2. The number of ketones is 2. The maximum Gasteiger partial charge on any atom is 0.255 e. The first kappa shape index (κ1) is 21.5. The number of hydrogen-bond donors (Lipinski definition) is 7. The number of benzene rings is 1. The monoisotopic (exact) mass is 443 g/mol. The molecule has 4 rings (SSSR count). The zero-order valence-electron chi connectivity index (χ0n) is 16.7. The number of allylic oxidation sites excluding steroid dienone is 2. The highest BCUT2D eigenvalue weighted by atomic mass is 16.3. The fourth-order valence-corrected chi connectivity index (χ4v) is 4.90. The summed E-state index contributed by atoms with van der Waals surface area (Å²) in [6, 6.07) is 2.96. The van der Waals surface area contributed by atoms with Gasteiger partial charge in [-0.3, -0.25) is 19.2 Å². The third-order valence-corrected chi connectivity index (χ3v) is 6.39. The van der Waals surface area contributed by atoms with E-state index in [4.69, 9.17) is 11.5 Å². The summed E-state index contributed by atoms with van der Waals surface area (Å²) in [5.74, 6) is -7.61. The number of phenols is 1. The molecule has 3 aliphatic rings. The van der Waals surface area contributed by atoms with Crippen LogP contribution in [-0.4, -0.2) is 56.0 Å². The van der Waals surface area contributed by atoms with Gasteiger partial charge in [-0.05, 0) is 30.4 Å². The van der Waals surface area contributed by atoms with E-state index in [1.807, 2.05) is 0 Å². The van der Waals surface area contributed by atoms with Crippen LogP contribution in [0.4, 0.5) is 5.69 Å². The highest BCUT2D eigenvalue weighted by Crippen LogP contribution is 2.51. The van der Waals surface area contributed by atoms with Gasteiger partial charge in [0.25, 0.3) is 5.91 Å². The minimum Gasteiger partial charge on any atom is -0.511 e. The van der Waals surface area contributed by atoms with Gasteiger partial charge in [-0.25, -0.2) is 0 Å². The first-order valence-corrected chi connectivity index (χ1v) is 9.84. The molecule has 3 aliphatic carbocycles. The Morgan fingerprint density at radius 3 is 2.47 bits per heavy atom. The number of aromatic hydroxyl groups is 1. The Morgan fingerprint density at radius 1 is 1.16 bits per heavy atom. The van der Waals surface area contributed by atoms with Gasteiger partial charge in [0, 0.05) is 17.9 Å². The van der Waals surface area contributed by atoms with E-state index in [1.54, 1.807) is 6.07 Å². The lowest BCUT2D eigenvalue weighted by Gasteiger charge is -2.45. The van der Waals surface area contributed by atoms with E-state index < -0.39 is 63.7 Å². The van der Waals surface area contributed by atoms with Gasteiger partial charge in [-0.1, -0.05) is 6.07 Å². The number of rotatable bonds is 3. The molecule has 0 saturated carbocycles. The second-order valence-electron chi connectivity index (χ2n) is 8.16. The van der Waals surface area contributed by atoms with Gasteiger partial charge in [-0.2, -0.15) is 0 Å². The zero-order chi connectivity index (χ0) is 23.5. The van der Waals surface area contributed by atoms with Crippen molar-refractivity contribution < 1.29 is 39.6 Å². The van der Waals surface area contributed by atoms with Crippen molar-refractivity contribution in [2.24, 2.45) is 23.3 Å². The number of anilines is 1. The van der Waals surface area contributed by atoms with Crippen molar-refractivity contribution in [3.63, 3.8) is 0 Å². The largest absolute Gasteiger partial charge is 0.511 e.